The van der Waals surface area contributed by atoms with Crippen molar-refractivity contribution in [3.8, 4) is 0 Å². The summed E-state index contributed by atoms with van der Waals surface area (Å²) in [4.78, 5) is 17.6. The van der Waals surface area contributed by atoms with Crippen LogP contribution in [0.4, 0.5) is 26.3 Å². The average Bonchev–Trinajstić information content (AvgIpc) is 1.83. The number of hydrogen-bond acceptors (Lipinski definition) is 4. The molecule has 0 saturated heterocycles. The molecular weight excluding hydrogens is 345 g/mol. The van der Waals surface area contributed by atoms with E-state index in [1.165, 1.54) is 0 Å². The van der Waals surface area contributed by atoms with E-state index in [0.717, 1.165) is 0 Å². The number of hydrogen-bond donors (Lipinski definition) is 0. The Balaban J connectivity index is -0.000000180. The van der Waals surface area contributed by atoms with Crippen molar-refractivity contribution in [3.63, 3.8) is 0 Å². The second-order valence-corrected chi connectivity index (χ2v) is 1.57. The van der Waals surface area contributed by atoms with E-state index in [-0.39, 0.29) is 23.9 Å². The molecule has 11 heteroatoms. The molecule has 0 heterocycles. The maximum absolute atomic E-state index is 10.5. The van der Waals surface area contributed by atoms with Crippen LogP contribution in [-0.2, 0) is 9.59 Å². The van der Waals surface area contributed by atoms with E-state index in [1.54, 1.807) is 0 Å². The minimum absolute atomic E-state index is 0. The van der Waals surface area contributed by atoms with E-state index in [9.17, 15) is 26.3 Å². The fraction of sp³-hybridized carbons (Fsp3) is 0.500. The van der Waals surface area contributed by atoms with E-state index in [2.05, 4.69) is 0 Å². The Morgan fingerprint density at radius 1 is 0.733 bits per heavy atom. The summed E-state index contributed by atoms with van der Waals surface area (Å²) in [6.07, 6.45) is -10.4. The molecule has 0 N–H and O–H groups in total. The van der Waals surface area contributed by atoms with Crippen LogP contribution >= 0.6 is 0 Å². The SMILES string of the molecule is O=C([O-])C(F)(F)F.O=C([O-])C(F)(F)F.[Sn+2]. The molecule has 2 radical (unpaired) electrons. The van der Waals surface area contributed by atoms with E-state index < -0.39 is 24.3 Å². The topological polar surface area (TPSA) is 80.3 Å². The number of halogens is 6. The first kappa shape index (κ1) is 19.8. The van der Waals surface area contributed by atoms with Gasteiger partial charge in [-0.2, -0.15) is 26.3 Å². The van der Waals surface area contributed by atoms with Gasteiger partial charge >= 0.3 is 36.3 Å². The second kappa shape index (κ2) is 6.74. The monoisotopic (exact) mass is 346 g/mol. The molecule has 0 amide bonds. The van der Waals surface area contributed by atoms with Crippen LogP contribution in [0.2, 0.25) is 0 Å². The molecule has 4 nitrogen and oxygen atoms in total. The summed E-state index contributed by atoms with van der Waals surface area (Å²) in [5, 5.41) is 17.6. The largest absolute Gasteiger partial charge is 2.00 e. The van der Waals surface area contributed by atoms with Crippen LogP contribution in [0, 0.1) is 0 Å². The van der Waals surface area contributed by atoms with Gasteiger partial charge in [0.25, 0.3) is 0 Å². The molecular formula is C4F6O4Sn. The van der Waals surface area contributed by atoms with Gasteiger partial charge in [-0.05, 0) is 0 Å². The van der Waals surface area contributed by atoms with E-state index in [0.29, 0.717) is 0 Å². The smallest absolute Gasteiger partial charge is 0.542 e. The van der Waals surface area contributed by atoms with Crippen molar-refractivity contribution in [2.75, 3.05) is 0 Å². The van der Waals surface area contributed by atoms with Crippen molar-refractivity contribution in [1.29, 1.82) is 0 Å². The maximum Gasteiger partial charge on any atom is 2.00 e. The van der Waals surface area contributed by atoms with Gasteiger partial charge in [-0.1, -0.05) is 0 Å². The average molecular weight is 345 g/mol. The third-order valence-electron chi connectivity index (χ3n) is 0.463. The summed E-state index contributed by atoms with van der Waals surface area (Å²) in [6, 6.07) is 0. The van der Waals surface area contributed by atoms with Gasteiger partial charge in [0, 0.05) is 0 Å². The van der Waals surface area contributed by atoms with Crippen molar-refractivity contribution in [3.05, 3.63) is 0 Å². The zero-order valence-corrected chi connectivity index (χ0v) is 9.25. The van der Waals surface area contributed by atoms with Gasteiger partial charge in [0.1, 0.15) is 11.9 Å². The predicted molar refractivity (Wildman–Crippen MR) is 27.9 cm³/mol. The summed E-state index contributed by atoms with van der Waals surface area (Å²) < 4.78 is 63.1. The molecule has 0 aromatic heterocycles. The van der Waals surface area contributed by atoms with Gasteiger partial charge in [0.05, 0.1) is 0 Å². The van der Waals surface area contributed by atoms with Crippen LogP contribution in [0.15, 0.2) is 0 Å². The molecule has 0 unspecified atom stereocenters. The van der Waals surface area contributed by atoms with E-state index >= 15 is 0 Å². The van der Waals surface area contributed by atoms with Crippen LogP contribution in [0.1, 0.15) is 0 Å². The Morgan fingerprint density at radius 2 is 0.800 bits per heavy atom. The summed E-state index contributed by atoms with van der Waals surface area (Å²) in [7, 11) is 0. The first-order valence-electron chi connectivity index (χ1n) is 2.45. The minimum Gasteiger partial charge on any atom is -0.542 e. The summed E-state index contributed by atoms with van der Waals surface area (Å²) in [5.41, 5.74) is 0. The third kappa shape index (κ3) is 13.3. The molecule has 0 aromatic rings. The molecule has 0 spiro atoms. The van der Waals surface area contributed by atoms with Crippen LogP contribution in [0.25, 0.3) is 0 Å². The van der Waals surface area contributed by atoms with E-state index in [1.807, 2.05) is 0 Å². The number of rotatable bonds is 0. The molecule has 0 aliphatic carbocycles. The quantitative estimate of drug-likeness (QED) is 0.384. The number of alkyl halides is 6. The first-order chi connectivity index (χ1) is 5.89. The van der Waals surface area contributed by atoms with Crippen LogP contribution < -0.4 is 10.2 Å². The maximum atomic E-state index is 10.5. The Labute approximate surface area is 94.8 Å². The number of aliphatic carboxylic acids is 2. The van der Waals surface area contributed by atoms with Gasteiger partial charge in [-0.25, -0.2) is 0 Å². The normalized spacial score (nSPS) is 10.5. The van der Waals surface area contributed by atoms with Crippen LogP contribution in [-0.4, -0.2) is 48.2 Å². The number of carbonyl (C=O) groups excluding carboxylic acids is 2. The molecule has 0 aromatic carbocycles. The Morgan fingerprint density at radius 3 is 0.800 bits per heavy atom. The second-order valence-electron chi connectivity index (χ2n) is 1.57. The predicted octanol–water partition coefficient (Wildman–Crippen LogP) is -1.78. The Kier molecular flexibility index (Phi) is 8.91. The summed E-state index contributed by atoms with van der Waals surface area (Å²) in [5.74, 6) is -6.01. The number of carboxylic acids is 2. The van der Waals surface area contributed by atoms with Gasteiger partial charge in [0.2, 0.25) is 0 Å². The van der Waals surface area contributed by atoms with Crippen LogP contribution in [0.5, 0.6) is 0 Å². The fourth-order valence-electron chi connectivity index (χ4n) is 0. The minimum atomic E-state index is -5.19. The molecule has 0 aliphatic rings. The molecule has 0 rings (SSSR count). The van der Waals surface area contributed by atoms with Crippen LogP contribution in [0.3, 0.4) is 0 Å². The molecule has 0 fully saturated rings. The molecule has 15 heavy (non-hydrogen) atoms. The van der Waals surface area contributed by atoms with Gasteiger partial charge < -0.3 is 19.8 Å². The molecule has 0 bridgehead atoms. The molecule has 0 saturated carbocycles. The van der Waals surface area contributed by atoms with Gasteiger partial charge in [-0.3, -0.25) is 0 Å². The van der Waals surface area contributed by atoms with Gasteiger partial charge in [-0.15, -0.1) is 0 Å². The zero-order valence-electron chi connectivity index (χ0n) is 6.40. The Hall–Kier alpha value is -0.681. The molecule has 86 valence electrons. The van der Waals surface area contributed by atoms with Crippen molar-refractivity contribution in [1.82, 2.24) is 0 Å². The van der Waals surface area contributed by atoms with Crippen molar-refractivity contribution in [2.45, 2.75) is 12.4 Å². The first-order valence-corrected chi connectivity index (χ1v) is 2.45. The fourth-order valence-corrected chi connectivity index (χ4v) is 0. The van der Waals surface area contributed by atoms with E-state index in [4.69, 9.17) is 19.8 Å². The standard InChI is InChI=1S/2C2HF3O2.Sn/c2*3-2(4,5)1(6)7;/h2*(H,6,7);/q;;+2/p-2. The summed E-state index contributed by atoms with van der Waals surface area (Å²) in [6.45, 7) is 0. The van der Waals surface area contributed by atoms with Crippen molar-refractivity contribution >= 4 is 35.8 Å². The molecule has 0 aliphatic heterocycles. The Bertz CT molecular complexity index is 196. The zero-order chi connectivity index (χ0) is 12.2. The number of carboxylic acid groups (broad SMARTS) is 2. The third-order valence-corrected chi connectivity index (χ3v) is 0.463. The van der Waals surface area contributed by atoms with Gasteiger partial charge in [0.15, 0.2) is 0 Å². The van der Waals surface area contributed by atoms with Crippen molar-refractivity contribution in [2.24, 2.45) is 0 Å². The van der Waals surface area contributed by atoms with Crippen molar-refractivity contribution < 1.29 is 46.1 Å². The molecule has 0 atom stereocenters. The number of carbonyl (C=O) groups is 2. The summed E-state index contributed by atoms with van der Waals surface area (Å²) >= 11 is 0.